The van der Waals surface area contributed by atoms with Crippen LogP contribution in [0, 0.1) is 5.92 Å². The second-order valence-electron chi connectivity index (χ2n) is 4.06. The van der Waals surface area contributed by atoms with E-state index in [1.165, 1.54) is 16.7 Å². The normalized spacial score (nSPS) is 37.8. The first-order chi connectivity index (χ1) is 7.09. The molecule has 3 rings (SSSR count). The summed E-state index contributed by atoms with van der Waals surface area (Å²) in [5.74, 6) is -0.930. The molecule has 0 radical (unpaired) electrons. The van der Waals surface area contributed by atoms with E-state index in [0.29, 0.717) is 6.42 Å². The van der Waals surface area contributed by atoms with E-state index in [2.05, 4.69) is 0 Å². The highest BCUT2D eigenvalue weighted by atomic mass is 32.2. The van der Waals surface area contributed by atoms with E-state index < -0.39 is 5.97 Å². The van der Waals surface area contributed by atoms with Crippen LogP contribution in [0.15, 0.2) is 10.6 Å². The fourth-order valence-electron chi connectivity index (χ4n) is 2.06. The van der Waals surface area contributed by atoms with Crippen LogP contribution in [0.5, 0.6) is 0 Å². The van der Waals surface area contributed by atoms with Crippen LogP contribution < -0.4 is 5.73 Å². The molecule has 2 aliphatic heterocycles. The lowest BCUT2D eigenvalue weighted by molar-refractivity contribution is -0.145. The average molecular weight is 226 g/mol. The van der Waals surface area contributed by atoms with Crippen molar-refractivity contribution in [2.75, 3.05) is 0 Å². The topological polar surface area (TPSA) is 83.6 Å². The van der Waals surface area contributed by atoms with Crippen molar-refractivity contribution in [2.45, 2.75) is 24.3 Å². The quantitative estimate of drug-likeness (QED) is 0.644. The van der Waals surface area contributed by atoms with Gasteiger partial charge in [-0.05, 0) is 6.42 Å². The molecule has 6 heteroatoms. The highest BCUT2D eigenvalue weighted by molar-refractivity contribution is 8.04. The number of carboxylic acid groups (broad SMARTS) is 1. The van der Waals surface area contributed by atoms with Gasteiger partial charge >= 0.3 is 5.97 Å². The molecule has 3 aliphatic rings. The Bertz CT molecular complexity index is 406. The number of β-lactam (4-membered cyclic amide) rings is 1. The molecule has 0 bridgehead atoms. The van der Waals surface area contributed by atoms with Gasteiger partial charge in [0.15, 0.2) is 0 Å². The molecule has 1 amide bonds. The number of fused-ring (bicyclic) bond motifs is 1. The van der Waals surface area contributed by atoms with Crippen molar-refractivity contribution in [1.29, 1.82) is 0 Å². The summed E-state index contributed by atoms with van der Waals surface area (Å²) in [5, 5.41) is 9.10. The Morgan fingerprint density at radius 2 is 2.27 bits per heavy atom. The molecule has 0 aromatic heterocycles. The molecule has 3 N–H and O–H groups in total. The molecule has 0 unspecified atom stereocenters. The first kappa shape index (κ1) is 9.23. The molecule has 80 valence electrons. The molecule has 1 aliphatic carbocycles. The second kappa shape index (κ2) is 2.76. The molecule has 2 fully saturated rings. The maximum absolute atomic E-state index is 11.3. The molecule has 2 heterocycles. The fourth-order valence-corrected chi connectivity index (χ4v) is 3.65. The minimum Gasteiger partial charge on any atom is -0.477 e. The second-order valence-corrected chi connectivity index (χ2v) is 5.28. The molecule has 3 atom stereocenters. The van der Waals surface area contributed by atoms with Crippen LogP contribution in [0.4, 0.5) is 0 Å². The molecule has 5 nitrogen and oxygen atoms in total. The number of nitrogens with two attached hydrogens (primary N) is 1. The summed E-state index contributed by atoms with van der Waals surface area (Å²) < 4.78 is 0. The highest BCUT2D eigenvalue weighted by Gasteiger charge is 2.53. The van der Waals surface area contributed by atoms with Crippen LogP contribution in [0.1, 0.15) is 12.8 Å². The Kier molecular flexibility index (Phi) is 1.70. The monoisotopic (exact) mass is 226 g/mol. The van der Waals surface area contributed by atoms with Crippen LogP contribution in [-0.2, 0) is 9.59 Å². The molecule has 1 saturated carbocycles. The predicted octanol–water partition coefficient (Wildman–Crippen LogP) is -0.0650. The number of hydrogen-bond acceptors (Lipinski definition) is 4. The van der Waals surface area contributed by atoms with Gasteiger partial charge in [-0.1, -0.05) is 0 Å². The zero-order chi connectivity index (χ0) is 10.7. The van der Waals surface area contributed by atoms with Gasteiger partial charge in [0.05, 0.1) is 11.8 Å². The lowest BCUT2D eigenvalue weighted by Gasteiger charge is -2.33. The molecule has 0 aromatic rings. The number of nitrogens with zero attached hydrogens (tertiary/aromatic N) is 1. The lowest BCUT2D eigenvalue weighted by Crippen LogP contribution is -2.48. The van der Waals surface area contributed by atoms with Crippen molar-refractivity contribution < 1.29 is 14.7 Å². The molecular formula is C9H10N2O3S. The summed E-state index contributed by atoms with van der Waals surface area (Å²) in [7, 11) is 0. The largest absolute Gasteiger partial charge is 0.477 e. The number of aliphatic carboxylic acids is 1. The van der Waals surface area contributed by atoms with Crippen molar-refractivity contribution in [3.8, 4) is 0 Å². The van der Waals surface area contributed by atoms with Gasteiger partial charge in [0.25, 0.3) is 0 Å². The minimum absolute atomic E-state index is 0.0198. The Morgan fingerprint density at radius 3 is 2.73 bits per heavy atom. The number of thioether (sulfide) groups is 1. The van der Waals surface area contributed by atoms with E-state index in [-0.39, 0.29) is 28.9 Å². The van der Waals surface area contributed by atoms with E-state index in [1.807, 2.05) is 0 Å². The van der Waals surface area contributed by atoms with Crippen LogP contribution in [0.2, 0.25) is 0 Å². The predicted molar refractivity (Wildman–Crippen MR) is 53.6 cm³/mol. The van der Waals surface area contributed by atoms with Crippen LogP contribution >= 0.6 is 11.8 Å². The Labute approximate surface area is 90.3 Å². The van der Waals surface area contributed by atoms with Gasteiger partial charge in [0, 0.05) is 16.9 Å². The van der Waals surface area contributed by atoms with Gasteiger partial charge in [0.1, 0.15) is 5.70 Å². The number of carboxylic acids is 1. The summed E-state index contributed by atoms with van der Waals surface area (Å²) in [4.78, 5) is 24.6. The summed E-state index contributed by atoms with van der Waals surface area (Å²) in [6, 6.07) is 0.0793. The SMILES string of the molecule is N[C@@H]1C[C@H]1C1=C(C(=O)O)N2C(=O)C[C@H]2S1. The van der Waals surface area contributed by atoms with Gasteiger partial charge in [-0.25, -0.2) is 4.79 Å². The summed E-state index contributed by atoms with van der Waals surface area (Å²) in [6.07, 6.45) is 1.29. The van der Waals surface area contributed by atoms with Gasteiger partial charge in [-0.2, -0.15) is 0 Å². The third kappa shape index (κ3) is 1.15. The van der Waals surface area contributed by atoms with Gasteiger partial charge in [-0.3, -0.25) is 9.69 Å². The standard InChI is InChI=1S/C9H10N2O3S/c10-4-1-3(4)8-7(9(13)14)11-5(12)2-6(11)15-8/h3-4,6H,1-2,10H2,(H,13,14)/t3-,4-,6-/m1/s1. The molecule has 0 spiro atoms. The molecular weight excluding hydrogens is 216 g/mol. The van der Waals surface area contributed by atoms with Crippen LogP contribution in [-0.4, -0.2) is 33.3 Å². The van der Waals surface area contributed by atoms with Crippen molar-refractivity contribution in [3.05, 3.63) is 10.6 Å². The zero-order valence-corrected chi connectivity index (χ0v) is 8.66. The number of amides is 1. The van der Waals surface area contributed by atoms with Crippen molar-refractivity contribution >= 4 is 23.6 Å². The van der Waals surface area contributed by atoms with Crippen molar-refractivity contribution in [3.63, 3.8) is 0 Å². The highest BCUT2D eigenvalue weighted by Crippen LogP contribution is 2.54. The Balaban J connectivity index is 1.97. The van der Waals surface area contributed by atoms with Gasteiger partial charge in [0.2, 0.25) is 5.91 Å². The smallest absolute Gasteiger partial charge is 0.353 e. The van der Waals surface area contributed by atoms with Crippen molar-refractivity contribution in [2.24, 2.45) is 11.7 Å². The lowest BCUT2D eigenvalue weighted by atomic mass is 10.1. The summed E-state index contributed by atoms with van der Waals surface area (Å²) in [5.41, 5.74) is 5.89. The number of hydrogen-bond donors (Lipinski definition) is 2. The molecule has 1 saturated heterocycles. The van der Waals surface area contributed by atoms with E-state index in [4.69, 9.17) is 10.8 Å². The maximum atomic E-state index is 11.3. The van der Waals surface area contributed by atoms with E-state index in [1.54, 1.807) is 0 Å². The van der Waals surface area contributed by atoms with Crippen LogP contribution in [0.25, 0.3) is 0 Å². The summed E-state index contributed by atoms with van der Waals surface area (Å²) >= 11 is 1.50. The number of carbonyl (C=O) groups excluding carboxylic acids is 1. The molecule has 0 aromatic carbocycles. The third-order valence-electron chi connectivity index (χ3n) is 3.02. The van der Waals surface area contributed by atoms with Crippen molar-refractivity contribution in [1.82, 2.24) is 4.90 Å². The third-order valence-corrected chi connectivity index (χ3v) is 4.42. The minimum atomic E-state index is -1.01. The van der Waals surface area contributed by atoms with Crippen LogP contribution in [0.3, 0.4) is 0 Å². The Hall–Kier alpha value is -1.01. The fraction of sp³-hybridized carbons (Fsp3) is 0.556. The van der Waals surface area contributed by atoms with E-state index in [9.17, 15) is 9.59 Å². The van der Waals surface area contributed by atoms with Gasteiger partial charge < -0.3 is 10.8 Å². The van der Waals surface area contributed by atoms with E-state index >= 15 is 0 Å². The number of rotatable bonds is 2. The van der Waals surface area contributed by atoms with Gasteiger partial charge in [-0.15, -0.1) is 11.8 Å². The first-order valence-electron chi connectivity index (χ1n) is 4.81. The summed E-state index contributed by atoms with van der Waals surface area (Å²) in [6.45, 7) is 0. The Morgan fingerprint density at radius 1 is 1.60 bits per heavy atom. The zero-order valence-electron chi connectivity index (χ0n) is 7.84. The maximum Gasteiger partial charge on any atom is 0.353 e. The number of carbonyl (C=O) groups is 2. The van der Waals surface area contributed by atoms with E-state index in [0.717, 1.165) is 11.3 Å². The first-order valence-corrected chi connectivity index (χ1v) is 5.69. The molecule has 15 heavy (non-hydrogen) atoms. The average Bonchev–Trinajstić information content (AvgIpc) is 2.76.